The van der Waals surface area contributed by atoms with Crippen molar-refractivity contribution in [3.05, 3.63) is 28.8 Å². The predicted octanol–water partition coefficient (Wildman–Crippen LogP) is 3.38. The van der Waals surface area contributed by atoms with Gasteiger partial charge in [0.25, 0.3) is 0 Å². The summed E-state index contributed by atoms with van der Waals surface area (Å²) in [6, 6.07) is 2.27. The smallest absolute Gasteiger partial charge is 0.342 e. The molecular formula is C17H20ClF3N2O3S. The Labute approximate surface area is 161 Å². The molecule has 0 saturated carbocycles. The van der Waals surface area contributed by atoms with Gasteiger partial charge < -0.3 is 4.90 Å². The van der Waals surface area contributed by atoms with E-state index in [9.17, 15) is 26.4 Å². The molecule has 0 aliphatic carbocycles. The Hall–Kier alpha value is -1.32. The molecular weight excluding hydrogens is 405 g/mol. The minimum absolute atomic E-state index is 0.0432. The van der Waals surface area contributed by atoms with E-state index in [4.69, 9.17) is 11.6 Å². The summed E-state index contributed by atoms with van der Waals surface area (Å²) in [5, 5.41) is -0.252. The first kappa shape index (κ1) is 20.4. The average molecular weight is 425 g/mol. The van der Waals surface area contributed by atoms with Crippen LogP contribution in [0.3, 0.4) is 0 Å². The maximum atomic E-state index is 12.9. The third kappa shape index (κ3) is 4.25. The number of sulfonamides is 1. The van der Waals surface area contributed by atoms with Crippen LogP contribution in [0.1, 0.15) is 31.2 Å². The Morgan fingerprint density at radius 2 is 1.67 bits per heavy atom. The summed E-state index contributed by atoms with van der Waals surface area (Å²) in [4.78, 5) is 13.7. The second-order valence-electron chi connectivity index (χ2n) is 6.85. The summed E-state index contributed by atoms with van der Waals surface area (Å²) in [6.45, 7) is 1.63. The summed E-state index contributed by atoms with van der Waals surface area (Å²) in [5.41, 5.74) is -1.07. The molecule has 0 radical (unpaired) electrons. The Morgan fingerprint density at radius 1 is 1.07 bits per heavy atom. The molecule has 2 heterocycles. The third-order valence-electron chi connectivity index (χ3n) is 5.10. The lowest BCUT2D eigenvalue weighted by Gasteiger charge is -2.32. The number of piperidine rings is 1. The van der Waals surface area contributed by atoms with E-state index in [1.54, 1.807) is 4.90 Å². The molecule has 0 aromatic heterocycles. The van der Waals surface area contributed by atoms with Crippen molar-refractivity contribution in [2.24, 2.45) is 5.92 Å². The van der Waals surface area contributed by atoms with Crippen LogP contribution in [0.25, 0.3) is 0 Å². The molecule has 1 aromatic carbocycles. The van der Waals surface area contributed by atoms with Crippen LogP contribution in [0.2, 0.25) is 5.02 Å². The fourth-order valence-corrected chi connectivity index (χ4v) is 5.53. The largest absolute Gasteiger partial charge is 0.416 e. The molecule has 150 valence electrons. The second kappa shape index (κ2) is 7.60. The normalized spacial score (nSPS) is 20.2. The SMILES string of the molecule is O=C(C1CCN(S(=O)(=O)c2cc(C(F)(F)F)ccc2Cl)CC1)N1CCCC1. The fraction of sp³-hybridized carbons (Fsp3) is 0.588. The zero-order chi connectivity index (χ0) is 19.8. The van der Waals surface area contributed by atoms with E-state index in [2.05, 4.69) is 0 Å². The lowest BCUT2D eigenvalue weighted by atomic mass is 9.97. The van der Waals surface area contributed by atoms with Crippen molar-refractivity contribution in [3.8, 4) is 0 Å². The molecule has 0 spiro atoms. The summed E-state index contributed by atoms with van der Waals surface area (Å²) in [6.07, 6.45) is -2.00. The lowest BCUT2D eigenvalue weighted by molar-refractivity contribution is -0.138. The van der Waals surface area contributed by atoms with E-state index in [-0.39, 0.29) is 29.9 Å². The third-order valence-corrected chi connectivity index (χ3v) is 7.48. The van der Waals surface area contributed by atoms with Crippen molar-refractivity contribution in [1.29, 1.82) is 0 Å². The van der Waals surface area contributed by atoms with Gasteiger partial charge in [0.2, 0.25) is 15.9 Å². The quantitative estimate of drug-likeness (QED) is 0.747. The number of carbonyl (C=O) groups excluding carboxylic acids is 1. The van der Waals surface area contributed by atoms with Gasteiger partial charge in [0, 0.05) is 32.1 Å². The first-order valence-electron chi connectivity index (χ1n) is 8.76. The van der Waals surface area contributed by atoms with Gasteiger partial charge in [-0.1, -0.05) is 11.6 Å². The maximum absolute atomic E-state index is 12.9. The molecule has 0 unspecified atom stereocenters. The molecule has 10 heteroatoms. The van der Waals surface area contributed by atoms with Gasteiger partial charge in [-0.25, -0.2) is 8.42 Å². The standard InChI is InChI=1S/C17H20ClF3N2O3S/c18-14-4-3-13(17(19,20)21)11-15(14)27(25,26)23-9-5-12(6-10-23)16(24)22-7-1-2-8-22/h3-4,11-12H,1-2,5-10H2. The first-order chi connectivity index (χ1) is 12.6. The Balaban J connectivity index is 1.74. The fourth-order valence-electron chi connectivity index (χ4n) is 3.56. The van der Waals surface area contributed by atoms with Crippen LogP contribution in [0.4, 0.5) is 13.2 Å². The van der Waals surface area contributed by atoms with Gasteiger partial charge in [0.1, 0.15) is 4.90 Å². The molecule has 0 atom stereocenters. The summed E-state index contributed by atoms with van der Waals surface area (Å²) >= 11 is 5.88. The summed E-state index contributed by atoms with van der Waals surface area (Å²) in [7, 11) is -4.17. The minimum Gasteiger partial charge on any atom is -0.342 e. The molecule has 27 heavy (non-hydrogen) atoms. The van der Waals surface area contributed by atoms with Crippen LogP contribution in [0.15, 0.2) is 23.1 Å². The summed E-state index contributed by atoms with van der Waals surface area (Å²) in [5.74, 6) is -0.201. The molecule has 2 aliphatic heterocycles. The van der Waals surface area contributed by atoms with E-state index < -0.39 is 26.7 Å². The number of rotatable bonds is 3. The lowest BCUT2D eigenvalue weighted by Crippen LogP contribution is -2.43. The van der Waals surface area contributed by atoms with Gasteiger partial charge in [-0.05, 0) is 43.9 Å². The second-order valence-corrected chi connectivity index (χ2v) is 9.17. The van der Waals surface area contributed by atoms with E-state index in [0.29, 0.717) is 18.9 Å². The minimum atomic E-state index is -4.66. The van der Waals surface area contributed by atoms with Crippen LogP contribution in [0.5, 0.6) is 0 Å². The highest BCUT2D eigenvalue weighted by molar-refractivity contribution is 7.89. The number of likely N-dealkylation sites (tertiary alicyclic amines) is 1. The van der Waals surface area contributed by atoms with E-state index in [1.165, 1.54) is 0 Å². The van der Waals surface area contributed by atoms with E-state index in [0.717, 1.165) is 42.4 Å². The van der Waals surface area contributed by atoms with Crippen molar-refractivity contribution in [2.75, 3.05) is 26.2 Å². The van der Waals surface area contributed by atoms with Crippen LogP contribution in [-0.4, -0.2) is 49.7 Å². The molecule has 3 rings (SSSR count). The number of hydrogen-bond donors (Lipinski definition) is 0. The molecule has 2 saturated heterocycles. The number of nitrogens with zero attached hydrogens (tertiary/aromatic N) is 2. The van der Waals surface area contributed by atoms with E-state index in [1.807, 2.05) is 0 Å². The Bertz CT molecular complexity index is 815. The van der Waals surface area contributed by atoms with Crippen LogP contribution >= 0.6 is 11.6 Å². The first-order valence-corrected chi connectivity index (χ1v) is 10.6. The van der Waals surface area contributed by atoms with Crippen molar-refractivity contribution in [3.63, 3.8) is 0 Å². The average Bonchev–Trinajstić information content (AvgIpc) is 3.15. The van der Waals surface area contributed by atoms with Crippen molar-refractivity contribution in [2.45, 2.75) is 36.8 Å². The highest BCUT2D eigenvalue weighted by Gasteiger charge is 2.37. The number of amides is 1. The van der Waals surface area contributed by atoms with Gasteiger partial charge in [0.05, 0.1) is 10.6 Å². The van der Waals surface area contributed by atoms with E-state index >= 15 is 0 Å². The van der Waals surface area contributed by atoms with Gasteiger partial charge in [-0.3, -0.25) is 4.79 Å². The molecule has 2 fully saturated rings. The number of halogens is 4. The highest BCUT2D eigenvalue weighted by atomic mass is 35.5. The van der Waals surface area contributed by atoms with Gasteiger partial charge in [-0.15, -0.1) is 0 Å². The molecule has 2 aliphatic rings. The molecule has 1 amide bonds. The Kier molecular flexibility index (Phi) is 5.74. The highest BCUT2D eigenvalue weighted by Crippen LogP contribution is 2.35. The van der Waals surface area contributed by atoms with Gasteiger partial charge in [-0.2, -0.15) is 17.5 Å². The monoisotopic (exact) mass is 424 g/mol. The maximum Gasteiger partial charge on any atom is 0.416 e. The zero-order valence-electron chi connectivity index (χ0n) is 14.5. The molecule has 5 nitrogen and oxygen atoms in total. The predicted molar refractivity (Wildman–Crippen MR) is 93.8 cm³/mol. The number of alkyl halides is 3. The molecule has 0 N–H and O–H groups in total. The van der Waals surface area contributed by atoms with Gasteiger partial charge in [0.15, 0.2) is 0 Å². The van der Waals surface area contributed by atoms with Crippen LogP contribution < -0.4 is 0 Å². The van der Waals surface area contributed by atoms with Gasteiger partial charge >= 0.3 is 6.18 Å². The topological polar surface area (TPSA) is 57.7 Å². The Morgan fingerprint density at radius 3 is 2.22 bits per heavy atom. The van der Waals surface area contributed by atoms with Crippen molar-refractivity contribution in [1.82, 2.24) is 9.21 Å². The number of benzene rings is 1. The van der Waals surface area contributed by atoms with Crippen LogP contribution in [-0.2, 0) is 21.0 Å². The molecule has 0 bridgehead atoms. The number of carbonyl (C=O) groups is 1. The molecule has 1 aromatic rings. The van der Waals surface area contributed by atoms with Crippen molar-refractivity contribution < 1.29 is 26.4 Å². The van der Waals surface area contributed by atoms with Crippen molar-refractivity contribution >= 4 is 27.5 Å². The van der Waals surface area contributed by atoms with Crippen LogP contribution in [0, 0.1) is 5.92 Å². The summed E-state index contributed by atoms with van der Waals surface area (Å²) < 4.78 is 65.5. The number of hydrogen-bond acceptors (Lipinski definition) is 3. The zero-order valence-corrected chi connectivity index (χ0v) is 16.1.